The molecular weight excluding hydrogens is 404 g/mol. The number of hydrogen-bond acceptors (Lipinski definition) is 2. The van der Waals surface area contributed by atoms with Crippen LogP contribution in [0.4, 0.5) is 0 Å². The van der Waals surface area contributed by atoms with Crippen molar-refractivity contribution in [3.05, 3.63) is 11.6 Å². The average molecular weight is 457 g/mol. The van der Waals surface area contributed by atoms with E-state index in [0.29, 0.717) is 17.3 Å². The summed E-state index contributed by atoms with van der Waals surface area (Å²) in [5.41, 5.74) is 2.54. The van der Waals surface area contributed by atoms with Crippen LogP contribution >= 0.6 is 0 Å². The van der Waals surface area contributed by atoms with E-state index in [1.807, 2.05) is 0 Å². The van der Waals surface area contributed by atoms with Crippen LogP contribution in [0.5, 0.6) is 0 Å². The Hall–Kier alpha value is -0.790. The van der Waals surface area contributed by atoms with Crippen molar-refractivity contribution in [3.63, 3.8) is 0 Å². The second kappa shape index (κ2) is 10.1. The van der Waals surface area contributed by atoms with Gasteiger partial charge in [-0.2, -0.15) is 0 Å². The van der Waals surface area contributed by atoms with Crippen molar-refractivity contribution in [3.8, 4) is 0 Å². The van der Waals surface area contributed by atoms with Crippen molar-refractivity contribution >= 4 is 5.97 Å². The van der Waals surface area contributed by atoms with Crippen LogP contribution < -0.4 is 0 Å². The van der Waals surface area contributed by atoms with Gasteiger partial charge in [0.25, 0.3) is 0 Å². The molecule has 0 saturated heterocycles. The molecule has 0 aliphatic heterocycles. The van der Waals surface area contributed by atoms with Gasteiger partial charge < -0.3 is 4.74 Å². The Morgan fingerprint density at radius 3 is 2.58 bits per heavy atom. The number of esters is 1. The molecule has 33 heavy (non-hydrogen) atoms. The van der Waals surface area contributed by atoms with E-state index in [1.54, 1.807) is 5.57 Å². The number of carbonyl (C=O) groups excluding carboxylic acids is 1. The summed E-state index contributed by atoms with van der Waals surface area (Å²) in [6, 6.07) is 0. The molecule has 4 aliphatic carbocycles. The van der Waals surface area contributed by atoms with E-state index in [9.17, 15) is 4.79 Å². The van der Waals surface area contributed by atoms with Gasteiger partial charge in [-0.1, -0.05) is 72.5 Å². The Balaban J connectivity index is 1.43. The van der Waals surface area contributed by atoms with E-state index < -0.39 is 0 Å². The Kier molecular flexibility index (Phi) is 7.72. The van der Waals surface area contributed by atoms with E-state index in [2.05, 4.69) is 47.6 Å². The van der Waals surface area contributed by atoms with Crippen LogP contribution in [0.1, 0.15) is 125 Å². The molecule has 188 valence electrons. The van der Waals surface area contributed by atoms with Crippen LogP contribution in [-0.4, -0.2) is 12.1 Å². The standard InChI is InChI=1S/C31H52O2/c1-7-9-29(32)33-24-16-18-30(5)23(20-24)12-13-25-27-15-14-26(22(4)11-8-10-21(2)3)31(27,6)19-17-28(25)30/h12,21-22,24-28H,7-11,13-20H2,1-6H3/t22-,24+,25-,26+,27-,28-,30+,31-/m1/s1. The van der Waals surface area contributed by atoms with E-state index in [0.717, 1.165) is 54.8 Å². The van der Waals surface area contributed by atoms with Crippen molar-refractivity contribution in [2.24, 2.45) is 46.3 Å². The third-order valence-electron chi connectivity index (χ3n) is 11.0. The lowest BCUT2D eigenvalue weighted by Gasteiger charge is -2.58. The molecule has 0 heterocycles. The van der Waals surface area contributed by atoms with Crippen molar-refractivity contribution in [2.75, 3.05) is 0 Å². The molecule has 4 rings (SSSR count). The Labute approximate surface area is 204 Å². The largest absolute Gasteiger partial charge is 0.462 e. The number of hydrogen-bond donors (Lipinski definition) is 0. The summed E-state index contributed by atoms with van der Waals surface area (Å²) >= 11 is 0. The highest BCUT2D eigenvalue weighted by Gasteiger charge is 2.59. The Morgan fingerprint density at radius 2 is 1.85 bits per heavy atom. The van der Waals surface area contributed by atoms with Crippen molar-refractivity contribution in [1.29, 1.82) is 0 Å². The molecule has 0 spiro atoms. The first kappa shape index (κ1) is 25.3. The SMILES string of the molecule is CCCC(=O)O[C@H]1CC[C@@]2(C)C(=CC[C@@H]3[C@H]4CC[C@@H]([C@H](C)CCCC(C)C)[C@@]4(C)CC[C@H]32)C1. The molecule has 0 bridgehead atoms. The zero-order valence-electron chi connectivity index (χ0n) is 22.6. The van der Waals surface area contributed by atoms with Gasteiger partial charge in [-0.25, -0.2) is 0 Å². The maximum atomic E-state index is 12.1. The van der Waals surface area contributed by atoms with Gasteiger partial charge in [0.2, 0.25) is 0 Å². The average Bonchev–Trinajstić information content (AvgIpc) is 3.11. The van der Waals surface area contributed by atoms with Crippen LogP contribution in [0.15, 0.2) is 11.6 Å². The molecule has 4 aliphatic rings. The van der Waals surface area contributed by atoms with Crippen molar-refractivity contribution in [2.45, 2.75) is 131 Å². The molecule has 0 amide bonds. The molecule has 2 heteroatoms. The fourth-order valence-corrected chi connectivity index (χ4v) is 9.20. The first-order chi connectivity index (χ1) is 15.7. The smallest absolute Gasteiger partial charge is 0.306 e. The fourth-order valence-electron chi connectivity index (χ4n) is 9.20. The Bertz CT molecular complexity index is 722. The lowest BCUT2D eigenvalue weighted by atomic mass is 9.47. The highest BCUT2D eigenvalue weighted by molar-refractivity contribution is 5.69. The van der Waals surface area contributed by atoms with Gasteiger partial charge in [-0.05, 0) is 97.7 Å². The first-order valence-corrected chi connectivity index (χ1v) is 14.6. The predicted octanol–water partition coefficient (Wildman–Crippen LogP) is 8.74. The number of carbonyl (C=O) groups is 1. The molecule has 2 nitrogen and oxygen atoms in total. The van der Waals surface area contributed by atoms with Gasteiger partial charge in [-0.3, -0.25) is 4.79 Å². The third-order valence-corrected chi connectivity index (χ3v) is 11.0. The van der Waals surface area contributed by atoms with Crippen molar-refractivity contribution < 1.29 is 9.53 Å². The van der Waals surface area contributed by atoms with Gasteiger partial charge >= 0.3 is 5.97 Å². The molecular formula is C31H52O2. The van der Waals surface area contributed by atoms with Gasteiger partial charge in [-0.15, -0.1) is 0 Å². The van der Waals surface area contributed by atoms with Gasteiger partial charge in [0.1, 0.15) is 6.10 Å². The molecule has 3 fully saturated rings. The van der Waals surface area contributed by atoms with Crippen LogP contribution in [-0.2, 0) is 9.53 Å². The lowest BCUT2D eigenvalue weighted by molar-refractivity contribution is -0.151. The minimum atomic E-state index is 0.00772. The highest BCUT2D eigenvalue weighted by atomic mass is 16.5. The van der Waals surface area contributed by atoms with Crippen LogP contribution in [0, 0.1) is 46.3 Å². The first-order valence-electron chi connectivity index (χ1n) is 14.6. The maximum absolute atomic E-state index is 12.1. The van der Waals surface area contributed by atoms with E-state index in [-0.39, 0.29) is 12.1 Å². The molecule has 0 aromatic carbocycles. The van der Waals surface area contributed by atoms with Gasteiger partial charge in [0.05, 0.1) is 0 Å². The molecule has 0 aromatic heterocycles. The number of rotatable bonds is 8. The molecule has 3 saturated carbocycles. The quantitative estimate of drug-likeness (QED) is 0.269. The molecule has 0 unspecified atom stereocenters. The number of allylic oxidation sites excluding steroid dienone is 1. The summed E-state index contributed by atoms with van der Waals surface area (Å²) in [6.07, 6.45) is 18.8. The molecule has 0 aromatic rings. The third kappa shape index (κ3) is 4.84. The zero-order valence-corrected chi connectivity index (χ0v) is 22.6. The Morgan fingerprint density at radius 1 is 1.06 bits per heavy atom. The molecule has 0 N–H and O–H groups in total. The number of ether oxygens (including phenoxy) is 1. The van der Waals surface area contributed by atoms with Crippen LogP contribution in [0.3, 0.4) is 0 Å². The zero-order chi connectivity index (χ0) is 23.8. The van der Waals surface area contributed by atoms with Gasteiger partial charge in [0, 0.05) is 12.8 Å². The van der Waals surface area contributed by atoms with Crippen LogP contribution in [0.25, 0.3) is 0 Å². The summed E-state index contributed by atoms with van der Waals surface area (Å²) in [7, 11) is 0. The monoisotopic (exact) mass is 456 g/mol. The minimum Gasteiger partial charge on any atom is -0.462 e. The second-order valence-corrected chi connectivity index (χ2v) is 13.4. The normalized spacial score (nSPS) is 41.1. The predicted molar refractivity (Wildman–Crippen MR) is 138 cm³/mol. The molecule has 8 atom stereocenters. The topological polar surface area (TPSA) is 26.3 Å². The van der Waals surface area contributed by atoms with E-state index >= 15 is 0 Å². The minimum absolute atomic E-state index is 0.00772. The second-order valence-electron chi connectivity index (χ2n) is 13.4. The number of fused-ring (bicyclic) bond motifs is 5. The highest BCUT2D eigenvalue weighted by Crippen LogP contribution is 2.67. The van der Waals surface area contributed by atoms with Crippen molar-refractivity contribution in [1.82, 2.24) is 0 Å². The van der Waals surface area contributed by atoms with E-state index in [1.165, 1.54) is 57.8 Å². The summed E-state index contributed by atoms with van der Waals surface area (Å²) in [4.78, 5) is 12.1. The van der Waals surface area contributed by atoms with E-state index in [4.69, 9.17) is 4.74 Å². The molecule has 0 radical (unpaired) electrons. The maximum Gasteiger partial charge on any atom is 0.306 e. The van der Waals surface area contributed by atoms with Crippen LogP contribution in [0.2, 0.25) is 0 Å². The summed E-state index contributed by atoms with van der Waals surface area (Å²) in [6.45, 7) is 14.6. The summed E-state index contributed by atoms with van der Waals surface area (Å²) < 4.78 is 5.85. The summed E-state index contributed by atoms with van der Waals surface area (Å²) in [5, 5.41) is 0. The summed E-state index contributed by atoms with van der Waals surface area (Å²) in [5.74, 6) is 5.31. The van der Waals surface area contributed by atoms with Gasteiger partial charge in [0.15, 0.2) is 0 Å². The lowest BCUT2D eigenvalue weighted by Crippen LogP contribution is -2.51. The fraction of sp³-hybridized carbons (Fsp3) is 0.903.